The third-order valence-electron chi connectivity index (χ3n) is 16.7. The van der Waals surface area contributed by atoms with Gasteiger partial charge in [-0.25, -0.2) is 0 Å². The van der Waals surface area contributed by atoms with Crippen LogP contribution >= 0.6 is 0 Å². The van der Waals surface area contributed by atoms with E-state index in [2.05, 4.69) is 64.3 Å². The van der Waals surface area contributed by atoms with E-state index in [1.807, 2.05) is 6.20 Å². The van der Waals surface area contributed by atoms with Crippen molar-refractivity contribution in [2.24, 2.45) is 57.2 Å². The first-order chi connectivity index (χ1) is 22.1. The monoisotopic (exact) mass is 619 g/mol. The summed E-state index contributed by atoms with van der Waals surface area (Å²) >= 11 is 0. The van der Waals surface area contributed by atoms with Crippen LogP contribution in [0.15, 0.2) is 65.0 Å². The summed E-state index contributed by atoms with van der Waals surface area (Å²) in [6, 6.07) is 4.53. The molecule has 2 N–H and O–H groups in total. The van der Waals surface area contributed by atoms with Gasteiger partial charge in [-0.15, -0.1) is 0 Å². The van der Waals surface area contributed by atoms with Gasteiger partial charge in [-0.3, -0.25) is 4.98 Å². The smallest absolute Gasteiger partial charge is 0.0577 e. The Labute approximate surface area is 277 Å². The zero-order valence-electron chi connectivity index (χ0n) is 28.9. The number of aliphatic hydroxyl groups is 2. The molecule has 0 bridgehead atoms. The van der Waals surface area contributed by atoms with Gasteiger partial charge in [-0.2, -0.15) is 0 Å². The van der Waals surface area contributed by atoms with Crippen LogP contribution in [-0.2, 0) is 0 Å². The maximum atomic E-state index is 10.6. The standard InChI is InChI=1S/C43H57NO2/c1-40-17-13-29(45)22-27(40)7-9-31-34-11-12-35(42(34,3)19-15-36(31)40)33-24-38-32-10-8-28-23-30(46)14-18-41(28,2)37(32)16-20-43(38,4)39(33)26-6-5-21-44-25-26/h5-8,12,21,25,29-32,34,36-38,45-46H,9-11,13-20,22-24H2,1-4H3/t29-,30-,31?,32?,34?,36?,37?,38?,40-,41-,42-,43-/m0/s1. The van der Waals surface area contributed by atoms with E-state index in [1.54, 1.807) is 27.9 Å². The van der Waals surface area contributed by atoms with Gasteiger partial charge in [0.1, 0.15) is 0 Å². The molecule has 1 aromatic rings. The summed E-state index contributed by atoms with van der Waals surface area (Å²) in [5.74, 6) is 4.37. The van der Waals surface area contributed by atoms with Gasteiger partial charge >= 0.3 is 0 Å². The molecule has 3 heteroatoms. The summed E-state index contributed by atoms with van der Waals surface area (Å²) in [4.78, 5) is 4.71. The van der Waals surface area contributed by atoms with E-state index in [0.717, 1.165) is 68.1 Å². The molecule has 0 radical (unpaired) electrons. The van der Waals surface area contributed by atoms with Gasteiger partial charge in [0.15, 0.2) is 0 Å². The number of rotatable bonds is 2. The number of aromatic nitrogens is 1. The molecule has 0 amide bonds. The number of allylic oxidation sites excluding steroid dienone is 6. The lowest BCUT2D eigenvalue weighted by atomic mass is 9.47. The Morgan fingerprint density at radius 3 is 1.83 bits per heavy atom. The van der Waals surface area contributed by atoms with Crippen LogP contribution in [-0.4, -0.2) is 27.4 Å². The van der Waals surface area contributed by atoms with Crippen LogP contribution < -0.4 is 0 Å². The van der Waals surface area contributed by atoms with Gasteiger partial charge in [0.2, 0.25) is 0 Å². The number of aliphatic hydroxyl groups excluding tert-OH is 2. The highest BCUT2D eigenvalue weighted by Gasteiger charge is 2.61. The molecule has 0 saturated heterocycles. The van der Waals surface area contributed by atoms with Gasteiger partial charge in [-0.1, -0.05) is 63.1 Å². The summed E-state index contributed by atoms with van der Waals surface area (Å²) in [6.45, 7) is 10.4. The van der Waals surface area contributed by atoms with Crippen molar-refractivity contribution < 1.29 is 10.2 Å². The summed E-state index contributed by atoms with van der Waals surface area (Å²) in [5.41, 5.74) is 10.6. The lowest BCUT2D eigenvalue weighted by molar-refractivity contribution is -0.0297. The third kappa shape index (κ3) is 4.00. The number of hydrogen-bond acceptors (Lipinski definition) is 3. The van der Waals surface area contributed by atoms with Crippen molar-refractivity contribution in [2.45, 2.75) is 130 Å². The van der Waals surface area contributed by atoms with E-state index < -0.39 is 0 Å². The quantitative estimate of drug-likeness (QED) is 0.324. The van der Waals surface area contributed by atoms with Crippen molar-refractivity contribution in [1.29, 1.82) is 0 Å². The van der Waals surface area contributed by atoms with Crippen LogP contribution in [0.25, 0.3) is 5.57 Å². The normalized spacial score (nSPS) is 49.4. The van der Waals surface area contributed by atoms with E-state index in [9.17, 15) is 10.2 Å². The molecule has 9 rings (SSSR count). The maximum absolute atomic E-state index is 10.6. The number of fused-ring (bicyclic) bond motifs is 10. The van der Waals surface area contributed by atoms with Gasteiger partial charge in [0.05, 0.1) is 12.2 Å². The van der Waals surface area contributed by atoms with Gasteiger partial charge in [0.25, 0.3) is 0 Å². The summed E-state index contributed by atoms with van der Waals surface area (Å²) < 4.78 is 0. The maximum Gasteiger partial charge on any atom is 0.0577 e. The van der Waals surface area contributed by atoms with Crippen LogP contribution in [0.4, 0.5) is 0 Å². The highest BCUT2D eigenvalue weighted by atomic mass is 16.3. The van der Waals surface area contributed by atoms with Gasteiger partial charge in [-0.05, 0) is 175 Å². The number of hydrogen-bond donors (Lipinski definition) is 2. The van der Waals surface area contributed by atoms with Crippen molar-refractivity contribution in [3.8, 4) is 0 Å². The lowest BCUT2D eigenvalue weighted by Gasteiger charge is -2.58. The molecule has 8 aliphatic rings. The molecule has 46 heavy (non-hydrogen) atoms. The Bertz CT molecular complexity index is 1550. The first kappa shape index (κ1) is 30.1. The third-order valence-corrected chi connectivity index (χ3v) is 16.7. The molecule has 4 saturated carbocycles. The molecule has 0 aliphatic heterocycles. The van der Waals surface area contributed by atoms with Crippen molar-refractivity contribution in [2.75, 3.05) is 0 Å². The minimum Gasteiger partial charge on any atom is -0.393 e. The van der Waals surface area contributed by atoms with E-state index in [4.69, 9.17) is 4.98 Å². The Morgan fingerprint density at radius 2 is 1.22 bits per heavy atom. The fourth-order valence-electron chi connectivity index (χ4n) is 14.3. The molecule has 4 fully saturated rings. The molecule has 6 unspecified atom stereocenters. The highest BCUT2D eigenvalue weighted by Crippen LogP contribution is 2.72. The van der Waals surface area contributed by atoms with Crippen molar-refractivity contribution in [1.82, 2.24) is 4.98 Å². The Kier molecular flexibility index (Phi) is 6.72. The molecule has 3 nitrogen and oxygen atoms in total. The molecular weight excluding hydrogens is 562 g/mol. The highest BCUT2D eigenvalue weighted by molar-refractivity contribution is 5.80. The molecule has 0 aromatic carbocycles. The average molecular weight is 620 g/mol. The van der Waals surface area contributed by atoms with Crippen LogP contribution in [0, 0.1) is 57.2 Å². The largest absolute Gasteiger partial charge is 0.393 e. The molecule has 8 aliphatic carbocycles. The minimum atomic E-state index is -0.140. The topological polar surface area (TPSA) is 53.4 Å². The van der Waals surface area contributed by atoms with E-state index in [-0.39, 0.29) is 33.9 Å². The summed E-state index contributed by atoms with van der Waals surface area (Å²) in [5, 5.41) is 21.1. The zero-order chi connectivity index (χ0) is 31.6. The van der Waals surface area contributed by atoms with Crippen molar-refractivity contribution in [3.63, 3.8) is 0 Å². The van der Waals surface area contributed by atoms with Crippen LogP contribution in [0.2, 0.25) is 0 Å². The van der Waals surface area contributed by atoms with Crippen molar-refractivity contribution in [3.05, 3.63) is 70.6 Å². The summed E-state index contributed by atoms with van der Waals surface area (Å²) in [7, 11) is 0. The second kappa shape index (κ2) is 10.3. The fraction of sp³-hybridized carbons (Fsp3) is 0.698. The molecule has 246 valence electrons. The molecule has 12 atom stereocenters. The van der Waals surface area contributed by atoms with Crippen LogP contribution in [0.3, 0.4) is 0 Å². The zero-order valence-corrected chi connectivity index (χ0v) is 28.9. The van der Waals surface area contributed by atoms with Crippen LogP contribution in [0.5, 0.6) is 0 Å². The molecule has 1 heterocycles. The average Bonchev–Trinajstić information content (AvgIpc) is 3.55. The minimum absolute atomic E-state index is 0.132. The predicted octanol–water partition coefficient (Wildman–Crippen LogP) is 9.63. The second-order valence-electron chi connectivity index (χ2n) is 18.4. The summed E-state index contributed by atoms with van der Waals surface area (Å²) in [6.07, 6.45) is 27.9. The fourth-order valence-corrected chi connectivity index (χ4v) is 14.3. The molecular formula is C43H57NO2. The van der Waals surface area contributed by atoms with Crippen LogP contribution in [0.1, 0.15) is 123 Å². The van der Waals surface area contributed by atoms with Gasteiger partial charge in [0, 0.05) is 12.4 Å². The molecule has 0 spiro atoms. The van der Waals surface area contributed by atoms with E-state index in [0.29, 0.717) is 5.92 Å². The Morgan fingerprint density at radius 1 is 0.630 bits per heavy atom. The second-order valence-corrected chi connectivity index (χ2v) is 18.4. The lowest BCUT2D eigenvalue weighted by Crippen LogP contribution is -2.50. The number of nitrogens with zero attached hydrogens (tertiary/aromatic N) is 1. The SMILES string of the molecule is C[C@]12CC[C@H](O)CC1=CCC1C2CC[C@]2(C)C(C3=C(c4cccnc4)[C@@]4(C)CCC5C(CC=C6C[C@@H](O)CC[C@@]65C)C4C3)=CCC12. The Hall–Kier alpha value is -1.97. The first-order valence-corrected chi connectivity index (χ1v) is 19.2. The molecule has 1 aromatic heterocycles. The Balaban J connectivity index is 1.09. The predicted molar refractivity (Wildman–Crippen MR) is 185 cm³/mol. The first-order valence-electron chi connectivity index (χ1n) is 19.2. The van der Waals surface area contributed by atoms with E-state index >= 15 is 0 Å². The van der Waals surface area contributed by atoms with Crippen molar-refractivity contribution >= 4 is 5.57 Å². The number of pyridine rings is 1. The van der Waals surface area contributed by atoms with E-state index in [1.165, 1.54) is 56.9 Å². The van der Waals surface area contributed by atoms with Gasteiger partial charge < -0.3 is 10.2 Å².